The quantitative estimate of drug-likeness (QED) is 0.641. The summed E-state index contributed by atoms with van der Waals surface area (Å²) in [5, 5.41) is 0. The van der Waals surface area contributed by atoms with E-state index in [1.165, 1.54) is 0 Å². The van der Waals surface area contributed by atoms with Crippen LogP contribution in [0.15, 0.2) is 42.5 Å². The van der Waals surface area contributed by atoms with Gasteiger partial charge in [0, 0.05) is 5.56 Å². The van der Waals surface area contributed by atoms with Gasteiger partial charge in [0.1, 0.15) is 11.9 Å². The Labute approximate surface area is 127 Å². The summed E-state index contributed by atoms with van der Waals surface area (Å²) in [4.78, 5) is 12.4. The molecule has 4 rings (SSSR count). The van der Waals surface area contributed by atoms with Crippen molar-refractivity contribution in [3.63, 3.8) is 0 Å². The van der Waals surface area contributed by atoms with Gasteiger partial charge in [-0.3, -0.25) is 4.79 Å². The third kappa shape index (κ3) is 2.19. The van der Waals surface area contributed by atoms with E-state index in [0.29, 0.717) is 11.3 Å². The molecule has 0 amide bonds. The van der Waals surface area contributed by atoms with Gasteiger partial charge in [-0.2, -0.15) is 0 Å². The highest BCUT2D eigenvalue weighted by Crippen LogP contribution is 2.44. The zero-order valence-electron chi connectivity index (χ0n) is 11.9. The molecule has 2 atom stereocenters. The van der Waals surface area contributed by atoms with Gasteiger partial charge in [0.2, 0.25) is 6.79 Å². The second kappa shape index (κ2) is 5.03. The van der Waals surface area contributed by atoms with Gasteiger partial charge in [-0.15, -0.1) is 0 Å². The molecule has 1 fully saturated rings. The molecule has 5 nitrogen and oxygen atoms in total. The van der Waals surface area contributed by atoms with Crippen molar-refractivity contribution in [1.82, 2.24) is 0 Å². The Bertz CT molecular complexity index is 722. The number of fused-ring (bicyclic) bond motifs is 1. The topological polar surface area (TPSA) is 57.3 Å². The number of hydrogen-bond donors (Lipinski definition) is 0. The molecule has 0 unspecified atom stereocenters. The maximum Gasteiger partial charge on any atom is 0.231 e. The van der Waals surface area contributed by atoms with Crippen molar-refractivity contribution >= 4 is 5.78 Å². The predicted molar refractivity (Wildman–Crippen MR) is 77.5 cm³/mol. The smallest absolute Gasteiger partial charge is 0.231 e. The van der Waals surface area contributed by atoms with Crippen molar-refractivity contribution in [3.05, 3.63) is 53.6 Å². The van der Waals surface area contributed by atoms with Gasteiger partial charge in [-0.05, 0) is 42.0 Å². The molecule has 2 aromatic rings. The number of benzene rings is 2. The number of ether oxygens (including phenoxy) is 4. The van der Waals surface area contributed by atoms with Crippen molar-refractivity contribution < 1.29 is 23.7 Å². The zero-order valence-corrected chi connectivity index (χ0v) is 11.9. The maximum atomic E-state index is 12.4. The second-order valence-electron chi connectivity index (χ2n) is 5.18. The fourth-order valence-corrected chi connectivity index (χ4v) is 2.57. The molecule has 0 spiro atoms. The summed E-state index contributed by atoms with van der Waals surface area (Å²) < 4.78 is 21.3. The molecule has 0 saturated carbocycles. The van der Waals surface area contributed by atoms with E-state index in [1.807, 2.05) is 18.2 Å². The van der Waals surface area contributed by atoms with Gasteiger partial charge in [0.15, 0.2) is 23.4 Å². The minimum absolute atomic E-state index is 0.0229. The molecule has 112 valence electrons. The zero-order chi connectivity index (χ0) is 15.1. The van der Waals surface area contributed by atoms with Crippen LogP contribution in [0.2, 0.25) is 0 Å². The lowest BCUT2D eigenvalue weighted by Crippen LogP contribution is -2.08. The number of carbonyl (C=O) groups excluding carboxylic acids is 1. The van der Waals surface area contributed by atoms with E-state index in [4.69, 9.17) is 18.9 Å². The number of epoxide rings is 1. The molecule has 5 heteroatoms. The summed E-state index contributed by atoms with van der Waals surface area (Å²) in [6, 6.07) is 12.7. The molecule has 0 aliphatic carbocycles. The molecule has 1 saturated heterocycles. The Hall–Kier alpha value is -2.53. The van der Waals surface area contributed by atoms with Gasteiger partial charge in [0.25, 0.3) is 0 Å². The Kier molecular flexibility index (Phi) is 3.01. The van der Waals surface area contributed by atoms with Gasteiger partial charge in [0.05, 0.1) is 7.11 Å². The van der Waals surface area contributed by atoms with Crippen molar-refractivity contribution in [3.8, 4) is 17.2 Å². The first kappa shape index (κ1) is 13.2. The van der Waals surface area contributed by atoms with Crippen LogP contribution in [0.1, 0.15) is 22.0 Å². The van der Waals surface area contributed by atoms with Gasteiger partial charge in [-0.1, -0.05) is 6.07 Å². The fraction of sp³-hybridized carbons (Fsp3) is 0.235. The summed E-state index contributed by atoms with van der Waals surface area (Å²) >= 11 is 0. The minimum Gasteiger partial charge on any atom is -0.497 e. The van der Waals surface area contributed by atoms with E-state index in [1.54, 1.807) is 31.4 Å². The number of carbonyl (C=O) groups is 1. The molecule has 2 aliphatic heterocycles. The molecular weight excluding hydrogens is 284 g/mol. The molecule has 0 aromatic heterocycles. The molecule has 2 heterocycles. The number of rotatable bonds is 4. The molecule has 22 heavy (non-hydrogen) atoms. The lowest BCUT2D eigenvalue weighted by Gasteiger charge is -2.01. The highest BCUT2D eigenvalue weighted by molar-refractivity contribution is 6.01. The normalized spacial score (nSPS) is 21.5. The van der Waals surface area contributed by atoms with Crippen LogP contribution in [0.25, 0.3) is 0 Å². The van der Waals surface area contributed by atoms with Gasteiger partial charge >= 0.3 is 0 Å². The highest BCUT2D eigenvalue weighted by Gasteiger charge is 2.46. The van der Waals surface area contributed by atoms with Crippen LogP contribution in [-0.2, 0) is 4.74 Å². The SMILES string of the molecule is COc1ccc(C(=O)[C@H]2O[C@H]2c2ccc3c(c2)OCO3)cc1. The Morgan fingerprint density at radius 1 is 1.09 bits per heavy atom. The number of methoxy groups -OCH3 is 1. The van der Waals surface area contributed by atoms with Crippen molar-refractivity contribution in [2.75, 3.05) is 13.9 Å². The van der Waals surface area contributed by atoms with Gasteiger partial charge in [-0.25, -0.2) is 0 Å². The van der Waals surface area contributed by atoms with E-state index in [0.717, 1.165) is 17.1 Å². The van der Waals surface area contributed by atoms with Crippen molar-refractivity contribution in [1.29, 1.82) is 0 Å². The van der Waals surface area contributed by atoms with Crippen LogP contribution in [-0.4, -0.2) is 25.8 Å². The number of hydrogen-bond acceptors (Lipinski definition) is 5. The first-order valence-corrected chi connectivity index (χ1v) is 6.99. The highest BCUT2D eigenvalue weighted by atomic mass is 16.7. The monoisotopic (exact) mass is 298 g/mol. The minimum atomic E-state index is -0.436. The van der Waals surface area contributed by atoms with Crippen LogP contribution >= 0.6 is 0 Å². The third-order valence-corrected chi connectivity index (χ3v) is 3.85. The Balaban J connectivity index is 1.50. The van der Waals surface area contributed by atoms with E-state index >= 15 is 0 Å². The average Bonchev–Trinajstić information content (AvgIpc) is 3.23. The summed E-state index contributed by atoms with van der Waals surface area (Å²) in [6.45, 7) is 0.235. The van der Waals surface area contributed by atoms with Crippen LogP contribution in [0.4, 0.5) is 0 Å². The fourth-order valence-electron chi connectivity index (χ4n) is 2.57. The average molecular weight is 298 g/mol. The Morgan fingerprint density at radius 2 is 1.86 bits per heavy atom. The Morgan fingerprint density at radius 3 is 2.64 bits per heavy atom. The van der Waals surface area contributed by atoms with Crippen molar-refractivity contribution in [2.45, 2.75) is 12.2 Å². The summed E-state index contributed by atoms with van der Waals surface area (Å²) in [7, 11) is 1.59. The summed E-state index contributed by atoms with van der Waals surface area (Å²) in [5.41, 5.74) is 1.55. The maximum absolute atomic E-state index is 12.4. The van der Waals surface area contributed by atoms with Crippen LogP contribution < -0.4 is 14.2 Å². The molecule has 0 radical (unpaired) electrons. The molecular formula is C17H14O5. The van der Waals surface area contributed by atoms with Crippen molar-refractivity contribution in [2.24, 2.45) is 0 Å². The molecule has 2 aromatic carbocycles. The van der Waals surface area contributed by atoms with E-state index < -0.39 is 6.10 Å². The first-order chi connectivity index (χ1) is 10.8. The van der Waals surface area contributed by atoms with E-state index in [2.05, 4.69) is 0 Å². The van der Waals surface area contributed by atoms with Crippen LogP contribution in [0, 0.1) is 0 Å². The largest absolute Gasteiger partial charge is 0.497 e. The molecule has 2 aliphatic rings. The third-order valence-electron chi connectivity index (χ3n) is 3.85. The summed E-state index contributed by atoms with van der Waals surface area (Å²) in [5.74, 6) is 2.12. The lowest BCUT2D eigenvalue weighted by molar-refractivity contribution is 0.0953. The standard InChI is InChI=1S/C17H14O5/c1-19-12-5-2-10(3-6-12)15(18)17-16(22-17)11-4-7-13-14(8-11)21-9-20-13/h2-8,16-17H,9H2,1H3/t16-,17+/m0/s1. The summed E-state index contributed by atoms with van der Waals surface area (Å²) in [6.07, 6.45) is -0.655. The number of Topliss-reactive ketones (excluding diaryl/α,β-unsaturated/α-hetero) is 1. The molecule has 0 bridgehead atoms. The first-order valence-electron chi connectivity index (χ1n) is 6.99. The lowest BCUT2D eigenvalue weighted by atomic mass is 10.0. The van der Waals surface area contributed by atoms with Gasteiger partial charge < -0.3 is 18.9 Å². The second-order valence-corrected chi connectivity index (χ2v) is 5.18. The van der Waals surface area contributed by atoms with Crippen LogP contribution in [0.3, 0.4) is 0 Å². The number of ketones is 1. The van der Waals surface area contributed by atoms with E-state index in [-0.39, 0.29) is 18.7 Å². The van der Waals surface area contributed by atoms with E-state index in [9.17, 15) is 4.79 Å². The predicted octanol–water partition coefficient (Wildman–Crippen LogP) is 2.75. The van der Waals surface area contributed by atoms with Crippen LogP contribution in [0.5, 0.6) is 17.2 Å². The molecule has 0 N–H and O–H groups in total.